The lowest BCUT2D eigenvalue weighted by atomic mass is 10.1. The highest BCUT2D eigenvalue weighted by atomic mass is 16.5. The zero-order valence-corrected chi connectivity index (χ0v) is 20.2. The lowest BCUT2D eigenvalue weighted by Gasteiger charge is -2.35. The summed E-state index contributed by atoms with van der Waals surface area (Å²) < 4.78 is 10.9. The van der Waals surface area contributed by atoms with Crippen LogP contribution in [0.5, 0.6) is 0 Å². The van der Waals surface area contributed by atoms with Crippen LogP contribution in [-0.2, 0) is 9.47 Å². The minimum atomic E-state index is 0.256. The van der Waals surface area contributed by atoms with E-state index in [0.717, 1.165) is 46.0 Å². The second kappa shape index (κ2) is 12.1. The zero-order chi connectivity index (χ0) is 22.2. The van der Waals surface area contributed by atoms with Gasteiger partial charge in [0.05, 0.1) is 25.9 Å². The molecule has 2 bridgehead atoms. The van der Waals surface area contributed by atoms with E-state index in [-0.39, 0.29) is 10.8 Å². The molecule has 2 unspecified atom stereocenters. The maximum Gasteiger partial charge on any atom is 0.0718 e. The Balaban J connectivity index is 0.000000184. The Morgan fingerprint density at radius 2 is 1.43 bits per heavy atom. The van der Waals surface area contributed by atoms with E-state index in [9.17, 15) is 10.2 Å². The van der Waals surface area contributed by atoms with Crippen LogP contribution >= 0.6 is 0 Å². The van der Waals surface area contributed by atoms with E-state index in [1.54, 1.807) is 0 Å². The van der Waals surface area contributed by atoms with E-state index >= 15 is 0 Å². The first-order valence-electron chi connectivity index (χ1n) is 12.5. The van der Waals surface area contributed by atoms with Crippen LogP contribution in [0.3, 0.4) is 0 Å². The van der Waals surface area contributed by atoms with Crippen molar-refractivity contribution < 1.29 is 19.7 Å². The Morgan fingerprint density at radius 3 is 1.83 bits per heavy atom. The van der Waals surface area contributed by atoms with Crippen molar-refractivity contribution in [2.75, 3.05) is 59.2 Å². The minimum absolute atomic E-state index is 0.256. The van der Waals surface area contributed by atoms with Crippen molar-refractivity contribution in [2.45, 2.75) is 84.9 Å². The normalized spacial score (nSPS) is 32.7. The van der Waals surface area contributed by atoms with Gasteiger partial charge >= 0.3 is 0 Å². The number of hydrogen-bond donors (Lipinski definition) is 2. The molecule has 2 aliphatic carbocycles. The van der Waals surface area contributed by atoms with E-state index in [0.29, 0.717) is 31.4 Å². The standard InChI is InChI=1S/C10H17NO2.C10H19NO2.2C2H6/c12-7-10(1-2-10)6-11-4-9-3-8(11)5-13-9;1-9-6-13-5-4-11(9)7-10(8-12)2-3-10;2*1-2/h8-9,12H,1-7H2;9,12H,2-8H2,1H3;2*1-2H3/t;9-;;/m.1../s1. The molecule has 3 atom stereocenters. The molecule has 0 aromatic carbocycles. The number of aliphatic hydroxyl groups is 2. The molecule has 0 aromatic heterocycles. The number of morpholine rings is 2. The number of nitrogens with zero attached hydrogens (tertiary/aromatic N) is 2. The highest BCUT2D eigenvalue weighted by Crippen LogP contribution is 2.47. The Morgan fingerprint density at radius 1 is 0.867 bits per heavy atom. The molecule has 0 amide bonds. The third-order valence-corrected chi connectivity index (χ3v) is 7.18. The van der Waals surface area contributed by atoms with Crippen molar-refractivity contribution in [1.29, 1.82) is 0 Å². The van der Waals surface area contributed by atoms with Gasteiger partial charge in [0.2, 0.25) is 0 Å². The monoisotopic (exact) mass is 428 g/mol. The number of aliphatic hydroxyl groups excluding tert-OH is 2. The predicted octanol–water partition coefficient (Wildman–Crippen LogP) is 2.76. The van der Waals surface area contributed by atoms with Gasteiger partial charge in [-0.2, -0.15) is 0 Å². The van der Waals surface area contributed by atoms with Crippen LogP contribution in [0.25, 0.3) is 0 Å². The molecule has 5 rings (SSSR count). The average Bonchev–Trinajstić information content (AvgIpc) is 3.67. The Bertz CT molecular complexity index is 462. The predicted molar refractivity (Wildman–Crippen MR) is 122 cm³/mol. The quantitative estimate of drug-likeness (QED) is 0.678. The first-order valence-corrected chi connectivity index (χ1v) is 12.5. The largest absolute Gasteiger partial charge is 0.396 e. The van der Waals surface area contributed by atoms with E-state index in [1.165, 1.54) is 32.1 Å². The third kappa shape index (κ3) is 6.88. The lowest BCUT2D eigenvalue weighted by Crippen LogP contribution is -2.46. The van der Waals surface area contributed by atoms with Crippen LogP contribution in [0.4, 0.5) is 0 Å². The molecule has 6 heteroatoms. The van der Waals surface area contributed by atoms with Gasteiger partial charge in [0.25, 0.3) is 0 Å². The van der Waals surface area contributed by atoms with Gasteiger partial charge in [-0.3, -0.25) is 9.80 Å². The first-order chi connectivity index (χ1) is 14.6. The lowest BCUT2D eigenvalue weighted by molar-refractivity contribution is -0.0142. The van der Waals surface area contributed by atoms with Crippen LogP contribution in [-0.4, -0.2) is 97.4 Å². The summed E-state index contributed by atoms with van der Waals surface area (Å²) in [5, 5.41) is 18.4. The topological polar surface area (TPSA) is 65.4 Å². The fraction of sp³-hybridized carbons (Fsp3) is 1.00. The van der Waals surface area contributed by atoms with Gasteiger partial charge in [-0.05, 0) is 39.0 Å². The van der Waals surface area contributed by atoms with Crippen LogP contribution in [0.15, 0.2) is 0 Å². The molecular weight excluding hydrogens is 380 g/mol. The fourth-order valence-electron chi connectivity index (χ4n) is 4.62. The maximum atomic E-state index is 9.23. The van der Waals surface area contributed by atoms with Crippen molar-refractivity contribution >= 4 is 0 Å². The molecule has 3 aliphatic heterocycles. The Kier molecular flexibility index (Phi) is 10.5. The van der Waals surface area contributed by atoms with E-state index in [1.807, 2.05) is 27.7 Å². The van der Waals surface area contributed by atoms with Crippen molar-refractivity contribution in [3.8, 4) is 0 Å². The molecule has 5 fully saturated rings. The minimum Gasteiger partial charge on any atom is -0.396 e. The van der Waals surface area contributed by atoms with Gasteiger partial charge in [0.15, 0.2) is 0 Å². The van der Waals surface area contributed by atoms with Crippen molar-refractivity contribution in [3.05, 3.63) is 0 Å². The van der Waals surface area contributed by atoms with Crippen LogP contribution in [0.1, 0.15) is 66.7 Å². The number of rotatable bonds is 6. The molecule has 178 valence electrons. The summed E-state index contributed by atoms with van der Waals surface area (Å²) in [5.74, 6) is 0. The van der Waals surface area contributed by atoms with Crippen molar-refractivity contribution in [2.24, 2.45) is 10.8 Å². The average molecular weight is 429 g/mol. The summed E-state index contributed by atoms with van der Waals surface area (Å²) in [5.41, 5.74) is 0.538. The molecular formula is C24H48N2O4. The summed E-state index contributed by atoms with van der Waals surface area (Å²) in [4.78, 5) is 4.98. The number of fused-ring (bicyclic) bond motifs is 2. The molecule has 5 aliphatic rings. The van der Waals surface area contributed by atoms with E-state index < -0.39 is 0 Å². The molecule has 3 heterocycles. The molecule has 0 aromatic rings. The molecule has 3 saturated heterocycles. The van der Waals surface area contributed by atoms with Gasteiger partial charge in [0, 0.05) is 62.3 Å². The summed E-state index contributed by atoms with van der Waals surface area (Å²) >= 11 is 0. The van der Waals surface area contributed by atoms with Crippen LogP contribution in [0.2, 0.25) is 0 Å². The van der Waals surface area contributed by atoms with E-state index in [4.69, 9.17) is 9.47 Å². The summed E-state index contributed by atoms with van der Waals surface area (Å²) in [6.07, 6.45) is 6.57. The molecule has 0 spiro atoms. The second-order valence-electron chi connectivity index (χ2n) is 9.48. The fourth-order valence-corrected chi connectivity index (χ4v) is 4.62. The van der Waals surface area contributed by atoms with Crippen LogP contribution in [0, 0.1) is 10.8 Å². The summed E-state index contributed by atoms with van der Waals surface area (Å²) in [6, 6.07) is 1.19. The highest BCUT2D eigenvalue weighted by Gasteiger charge is 2.48. The maximum absolute atomic E-state index is 9.23. The summed E-state index contributed by atoms with van der Waals surface area (Å²) in [7, 11) is 0. The van der Waals surface area contributed by atoms with Crippen molar-refractivity contribution in [3.63, 3.8) is 0 Å². The number of likely N-dealkylation sites (tertiary alicyclic amines) is 1. The second-order valence-corrected chi connectivity index (χ2v) is 9.48. The molecule has 2 saturated carbocycles. The van der Waals surface area contributed by atoms with Crippen molar-refractivity contribution in [1.82, 2.24) is 9.80 Å². The Labute approximate surface area is 184 Å². The van der Waals surface area contributed by atoms with Gasteiger partial charge in [-0.25, -0.2) is 0 Å². The molecule has 0 radical (unpaired) electrons. The zero-order valence-electron chi connectivity index (χ0n) is 20.2. The van der Waals surface area contributed by atoms with Gasteiger partial charge in [-0.1, -0.05) is 27.7 Å². The summed E-state index contributed by atoms with van der Waals surface area (Å²) in [6.45, 7) is 17.9. The number of ether oxygens (including phenoxy) is 2. The number of hydrogen-bond acceptors (Lipinski definition) is 6. The third-order valence-electron chi connectivity index (χ3n) is 7.18. The highest BCUT2D eigenvalue weighted by molar-refractivity contribution is 5.00. The molecule has 6 nitrogen and oxygen atoms in total. The smallest absolute Gasteiger partial charge is 0.0718 e. The van der Waals surface area contributed by atoms with Gasteiger partial charge in [0.1, 0.15) is 0 Å². The molecule has 30 heavy (non-hydrogen) atoms. The first kappa shape index (κ1) is 26.0. The Hall–Kier alpha value is -0.240. The van der Waals surface area contributed by atoms with Gasteiger partial charge < -0.3 is 19.7 Å². The van der Waals surface area contributed by atoms with E-state index in [2.05, 4.69) is 16.7 Å². The van der Waals surface area contributed by atoms with Crippen LogP contribution < -0.4 is 0 Å². The molecule has 2 N–H and O–H groups in total. The SMILES string of the molecule is CC.CC.C[C@@H]1COCCN1CC1(CO)CC1.OCC1(CN2CC3CC2CO3)CC1. The van der Waals surface area contributed by atoms with Gasteiger partial charge in [-0.15, -0.1) is 0 Å².